The van der Waals surface area contributed by atoms with Gasteiger partial charge in [0.05, 0.1) is 6.04 Å². The molecule has 3 heterocycles. The van der Waals surface area contributed by atoms with E-state index < -0.39 is 5.60 Å². The first-order valence-corrected chi connectivity index (χ1v) is 9.52. The standard InChI is InChI=1S/C21H27N3O2/c1-22-12-7-10-18(22)20(25)24-15-11-21(26,17-8-3-2-4-9-17)19(16-24)23-13-5-6-14-23/h2-4,7-10,12,19,26H,5-6,11,13-16H2,1H3/t19-,21+/m1/s1. The number of nitrogens with zero attached hydrogens (tertiary/aromatic N) is 3. The average Bonchev–Trinajstić information content (AvgIpc) is 3.34. The van der Waals surface area contributed by atoms with Gasteiger partial charge >= 0.3 is 0 Å². The molecule has 2 fully saturated rings. The number of aliphatic hydroxyl groups is 1. The Balaban J connectivity index is 1.63. The SMILES string of the molecule is Cn1cccc1C(=O)N1CC[C@](O)(c2ccccc2)[C@H](N2CCCC2)C1. The summed E-state index contributed by atoms with van der Waals surface area (Å²) in [5.74, 6) is 0.0526. The average molecular weight is 353 g/mol. The van der Waals surface area contributed by atoms with Crippen molar-refractivity contribution in [3.05, 3.63) is 59.9 Å². The highest BCUT2D eigenvalue weighted by Crippen LogP contribution is 2.37. The molecule has 0 aliphatic carbocycles. The highest BCUT2D eigenvalue weighted by molar-refractivity contribution is 5.92. The quantitative estimate of drug-likeness (QED) is 0.921. The van der Waals surface area contributed by atoms with Crippen molar-refractivity contribution in [1.82, 2.24) is 14.4 Å². The van der Waals surface area contributed by atoms with Gasteiger partial charge in [0.25, 0.3) is 5.91 Å². The van der Waals surface area contributed by atoms with Crippen LogP contribution in [0.3, 0.4) is 0 Å². The fraction of sp³-hybridized carbons (Fsp3) is 0.476. The summed E-state index contributed by atoms with van der Waals surface area (Å²) >= 11 is 0. The highest BCUT2D eigenvalue weighted by atomic mass is 16.3. The van der Waals surface area contributed by atoms with Gasteiger partial charge in [-0.2, -0.15) is 0 Å². The van der Waals surface area contributed by atoms with Crippen LogP contribution in [0.15, 0.2) is 48.7 Å². The Hall–Kier alpha value is -2.11. The van der Waals surface area contributed by atoms with Gasteiger partial charge in [-0.25, -0.2) is 0 Å². The van der Waals surface area contributed by atoms with Gasteiger partial charge in [-0.05, 0) is 50.0 Å². The van der Waals surface area contributed by atoms with Crippen molar-refractivity contribution in [2.45, 2.75) is 30.9 Å². The molecule has 1 N–H and O–H groups in total. The maximum absolute atomic E-state index is 13.0. The zero-order valence-corrected chi connectivity index (χ0v) is 15.3. The summed E-state index contributed by atoms with van der Waals surface area (Å²) in [5, 5.41) is 11.7. The Morgan fingerprint density at radius 3 is 2.46 bits per heavy atom. The topological polar surface area (TPSA) is 48.7 Å². The summed E-state index contributed by atoms with van der Waals surface area (Å²) in [5.41, 5.74) is 0.759. The van der Waals surface area contributed by atoms with Crippen LogP contribution in [-0.4, -0.2) is 57.6 Å². The van der Waals surface area contributed by atoms with E-state index in [0.717, 1.165) is 31.5 Å². The van der Waals surface area contributed by atoms with E-state index in [2.05, 4.69) is 4.90 Å². The number of hydrogen-bond donors (Lipinski definition) is 1. The third-order valence-electron chi connectivity index (χ3n) is 6.01. The number of rotatable bonds is 3. The number of aromatic nitrogens is 1. The van der Waals surface area contributed by atoms with E-state index in [0.29, 0.717) is 25.2 Å². The summed E-state index contributed by atoms with van der Waals surface area (Å²) in [6.45, 7) is 3.12. The summed E-state index contributed by atoms with van der Waals surface area (Å²) < 4.78 is 1.87. The number of likely N-dealkylation sites (tertiary alicyclic amines) is 2. The normalized spacial score (nSPS) is 27.0. The Kier molecular flexibility index (Phi) is 4.59. The van der Waals surface area contributed by atoms with Gasteiger partial charge in [0.1, 0.15) is 11.3 Å². The number of amides is 1. The van der Waals surface area contributed by atoms with Gasteiger partial charge in [-0.1, -0.05) is 30.3 Å². The van der Waals surface area contributed by atoms with E-state index in [1.165, 1.54) is 0 Å². The van der Waals surface area contributed by atoms with Gasteiger partial charge < -0.3 is 14.6 Å². The Labute approximate surface area is 154 Å². The van der Waals surface area contributed by atoms with Crippen LogP contribution in [0.4, 0.5) is 0 Å². The van der Waals surface area contributed by atoms with Crippen molar-refractivity contribution < 1.29 is 9.90 Å². The predicted molar refractivity (Wildman–Crippen MR) is 101 cm³/mol. The lowest BCUT2D eigenvalue weighted by atomic mass is 9.79. The van der Waals surface area contributed by atoms with E-state index in [-0.39, 0.29) is 11.9 Å². The van der Waals surface area contributed by atoms with Gasteiger partial charge in [-0.15, -0.1) is 0 Å². The summed E-state index contributed by atoms with van der Waals surface area (Å²) in [6, 6.07) is 13.7. The zero-order valence-electron chi connectivity index (χ0n) is 15.3. The summed E-state index contributed by atoms with van der Waals surface area (Å²) in [6.07, 6.45) is 4.78. The molecule has 138 valence electrons. The van der Waals surface area contributed by atoms with E-state index in [1.807, 2.05) is 65.2 Å². The van der Waals surface area contributed by atoms with Crippen LogP contribution in [0, 0.1) is 0 Å². The Bertz CT molecular complexity index is 767. The molecule has 2 aromatic rings. The monoisotopic (exact) mass is 353 g/mol. The number of piperidine rings is 1. The van der Waals surface area contributed by atoms with Crippen molar-refractivity contribution in [3.8, 4) is 0 Å². The third kappa shape index (κ3) is 2.95. The van der Waals surface area contributed by atoms with Crippen LogP contribution in [0.2, 0.25) is 0 Å². The van der Waals surface area contributed by atoms with E-state index in [4.69, 9.17) is 0 Å². The molecule has 26 heavy (non-hydrogen) atoms. The lowest BCUT2D eigenvalue weighted by Gasteiger charge is -2.48. The molecular formula is C21H27N3O2. The summed E-state index contributed by atoms with van der Waals surface area (Å²) in [7, 11) is 1.90. The zero-order chi connectivity index (χ0) is 18.1. The number of hydrogen-bond acceptors (Lipinski definition) is 3. The highest BCUT2D eigenvalue weighted by Gasteiger charge is 2.47. The molecule has 0 spiro atoms. The first-order valence-electron chi connectivity index (χ1n) is 9.52. The molecule has 5 heteroatoms. The minimum Gasteiger partial charge on any atom is -0.383 e. The number of benzene rings is 1. The minimum atomic E-state index is -0.906. The molecule has 1 aromatic carbocycles. The second kappa shape index (κ2) is 6.89. The van der Waals surface area contributed by atoms with E-state index >= 15 is 0 Å². The first-order chi connectivity index (χ1) is 12.6. The molecule has 0 bridgehead atoms. The van der Waals surface area contributed by atoms with Crippen molar-refractivity contribution in [3.63, 3.8) is 0 Å². The van der Waals surface area contributed by atoms with Crippen LogP contribution in [0.5, 0.6) is 0 Å². The maximum atomic E-state index is 13.0. The molecule has 0 radical (unpaired) electrons. The van der Waals surface area contributed by atoms with Crippen molar-refractivity contribution in [1.29, 1.82) is 0 Å². The third-order valence-corrected chi connectivity index (χ3v) is 6.01. The van der Waals surface area contributed by atoms with Crippen LogP contribution < -0.4 is 0 Å². The summed E-state index contributed by atoms with van der Waals surface area (Å²) in [4.78, 5) is 17.3. The maximum Gasteiger partial charge on any atom is 0.270 e. The Morgan fingerprint density at radius 2 is 1.81 bits per heavy atom. The molecule has 0 unspecified atom stereocenters. The second-order valence-electron chi connectivity index (χ2n) is 7.55. The molecule has 2 aliphatic rings. The van der Waals surface area contributed by atoms with Gasteiger partial charge in [-0.3, -0.25) is 9.69 Å². The van der Waals surface area contributed by atoms with Gasteiger partial charge in [0.2, 0.25) is 0 Å². The number of carbonyl (C=O) groups excluding carboxylic acids is 1. The lowest BCUT2D eigenvalue weighted by Crippen LogP contribution is -2.61. The largest absolute Gasteiger partial charge is 0.383 e. The predicted octanol–water partition coefficient (Wildman–Crippen LogP) is 2.22. The molecule has 1 aromatic heterocycles. The van der Waals surface area contributed by atoms with Crippen molar-refractivity contribution in [2.24, 2.45) is 7.05 Å². The van der Waals surface area contributed by atoms with E-state index in [9.17, 15) is 9.90 Å². The van der Waals surface area contributed by atoms with E-state index in [1.54, 1.807) is 0 Å². The smallest absolute Gasteiger partial charge is 0.270 e. The molecule has 2 atom stereocenters. The fourth-order valence-corrected chi connectivity index (χ4v) is 4.49. The van der Waals surface area contributed by atoms with Crippen LogP contribution >= 0.6 is 0 Å². The molecular weight excluding hydrogens is 326 g/mol. The second-order valence-corrected chi connectivity index (χ2v) is 7.55. The number of carbonyl (C=O) groups is 1. The molecule has 2 aliphatic heterocycles. The van der Waals surface area contributed by atoms with Gasteiger partial charge in [0.15, 0.2) is 0 Å². The molecule has 5 nitrogen and oxygen atoms in total. The fourth-order valence-electron chi connectivity index (χ4n) is 4.49. The van der Waals surface area contributed by atoms with Crippen LogP contribution in [-0.2, 0) is 12.6 Å². The molecule has 2 saturated heterocycles. The molecule has 4 rings (SSSR count). The lowest BCUT2D eigenvalue weighted by molar-refractivity contribution is -0.0879. The minimum absolute atomic E-state index is 0.0526. The molecule has 1 amide bonds. The van der Waals surface area contributed by atoms with Gasteiger partial charge in [0, 0.05) is 26.3 Å². The van der Waals surface area contributed by atoms with Crippen molar-refractivity contribution >= 4 is 5.91 Å². The number of aryl methyl sites for hydroxylation is 1. The van der Waals surface area contributed by atoms with Crippen LogP contribution in [0.25, 0.3) is 0 Å². The Morgan fingerprint density at radius 1 is 1.08 bits per heavy atom. The van der Waals surface area contributed by atoms with Crippen molar-refractivity contribution in [2.75, 3.05) is 26.2 Å². The first kappa shape index (κ1) is 17.3. The van der Waals surface area contributed by atoms with Crippen LogP contribution in [0.1, 0.15) is 35.3 Å². The molecule has 0 saturated carbocycles.